The van der Waals surface area contributed by atoms with Gasteiger partial charge in [-0.2, -0.15) is 0 Å². The first kappa shape index (κ1) is 7.60. The number of hydrogen-bond acceptors (Lipinski definition) is 5. The first-order chi connectivity index (χ1) is 6.45. The fourth-order valence-corrected chi connectivity index (χ4v) is 0.905. The molecule has 0 fully saturated rings. The molecule has 2 aromatic rings. The Labute approximate surface area is 74.9 Å². The topological polar surface area (TPSA) is 63.6 Å². The van der Waals surface area contributed by atoms with Crippen LogP contribution in [0.2, 0.25) is 0 Å². The van der Waals surface area contributed by atoms with E-state index in [-0.39, 0.29) is 0 Å². The first-order valence-electron chi connectivity index (χ1n) is 3.77. The Bertz CT molecular complexity index is 323. The number of para-hydroxylation sites is 1. The number of hydrogen-bond donors (Lipinski definition) is 1. The van der Waals surface area contributed by atoms with Crippen molar-refractivity contribution in [3.05, 3.63) is 36.7 Å². The van der Waals surface area contributed by atoms with Gasteiger partial charge in [0.2, 0.25) is 0 Å². The molecule has 0 radical (unpaired) electrons. The lowest BCUT2D eigenvalue weighted by molar-refractivity contribution is 0.865. The van der Waals surface area contributed by atoms with E-state index in [0.717, 1.165) is 5.69 Å². The van der Waals surface area contributed by atoms with Crippen molar-refractivity contribution in [3.63, 3.8) is 0 Å². The Hall–Kier alpha value is -2.04. The van der Waals surface area contributed by atoms with Gasteiger partial charge >= 0.3 is 0 Å². The van der Waals surface area contributed by atoms with Crippen molar-refractivity contribution in [1.29, 1.82) is 0 Å². The lowest BCUT2D eigenvalue weighted by atomic mass is 10.3. The molecule has 0 aliphatic heterocycles. The molecule has 0 unspecified atom stereocenters. The number of nitrogens with one attached hydrogen (secondary N) is 1. The summed E-state index contributed by atoms with van der Waals surface area (Å²) in [6, 6.07) is 9.61. The molecule has 64 valence electrons. The number of aromatic nitrogens is 4. The standard InChI is InChI=1S/C8H7N5/c1-2-4-7(5-3-1)11-8-12-9-6-10-13-8/h1-6H,(H,11,12,13). The van der Waals surface area contributed by atoms with Gasteiger partial charge in [-0.25, -0.2) is 0 Å². The molecule has 1 aromatic heterocycles. The second-order valence-electron chi connectivity index (χ2n) is 2.36. The highest BCUT2D eigenvalue weighted by Crippen LogP contribution is 2.08. The Balaban J connectivity index is 2.16. The highest BCUT2D eigenvalue weighted by Gasteiger charge is 1.94. The van der Waals surface area contributed by atoms with E-state index >= 15 is 0 Å². The van der Waals surface area contributed by atoms with Gasteiger partial charge in [0.1, 0.15) is 0 Å². The predicted octanol–water partition coefficient (Wildman–Crippen LogP) is 1.01. The minimum absolute atomic E-state index is 0.397. The summed E-state index contributed by atoms with van der Waals surface area (Å²) in [5.74, 6) is 0.397. The van der Waals surface area contributed by atoms with Crippen LogP contribution in [0.5, 0.6) is 0 Å². The van der Waals surface area contributed by atoms with Crippen LogP contribution < -0.4 is 5.32 Å². The van der Waals surface area contributed by atoms with Gasteiger partial charge in [-0.3, -0.25) is 0 Å². The molecule has 0 aliphatic rings. The van der Waals surface area contributed by atoms with Crippen molar-refractivity contribution in [1.82, 2.24) is 20.4 Å². The third-order valence-corrected chi connectivity index (χ3v) is 1.44. The average Bonchev–Trinajstić information content (AvgIpc) is 2.21. The molecule has 0 spiro atoms. The van der Waals surface area contributed by atoms with Crippen LogP contribution in [-0.4, -0.2) is 20.4 Å². The zero-order chi connectivity index (χ0) is 8.93. The lowest BCUT2D eigenvalue weighted by Crippen LogP contribution is -1.99. The molecule has 1 N–H and O–H groups in total. The maximum atomic E-state index is 3.74. The van der Waals surface area contributed by atoms with Crippen molar-refractivity contribution in [2.75, 3.05) is 5.32 Å². The zero-order valence-electron chi connectivity index (χ0n) is 6.75. The summed E-state index contributed by atoms with van der Waals surface area (Å²) >= 11 is 0. The number of benzene rings is 1. The quantitative estimate of drug-likeness (QED) is 0.734. The maximum absolute atomic E-state index is 3.74. The number of rotatable bonds is 2. The van der Waals surface area contributed by atoms with Gasteiger partial charge in [0.05, 0.1) is 0 Å². The lowest BCUT2D eigenvalue weighted by Gasteiger charge is -2.00. The number of anilines is 2. The monoisotopic (exact) mass is 173 g/mol. The van der Waals surface area contributed by atoms with Crippen molar-refractivity contribution in [2.45, 2.75) is 0 Å². The molecule has 5 heteroatoms. The SMILES string of the molecule is c1ccc(Nc2nncnn2)cc1. The summed E-state index contributed by atoms with van der Waals surface area (Å²) in [5.41, 5.74) is 0.914. The third-order valence-electron chi connectivity index (χ3n) is 1.44. The van der Waals surface area contributed by atoms with E-state index in [9.17, 15) is 0 Å². The highest BCUT2D eigenvalue weighted by molar-refractivity contribution is 5.51. The second-order valence-corrected chi connectivity index (χ2v) is 2.36. The van der Waals surface area contributed by atoms with Crippen LogP contribution in [0, 0.1) is 0 Å². The van der Waals surface area contributed by atoms with E-state index < -0.39 is 0 Å². The first-order valence-corrected chi connectivity index (χ1v) is 3.77. The summed E-state index contributed by atoms with van der Waals surface area (Å²) < 4.78 is 0. The molecule has 5 nitrogen and oxygen atoms in total. The average molecular weight is 173 g/mol. The minimum atomic E-state index is 0.397. The Kier molecular flexibility index (Phi) is 2.09. The molecule has 1 heterocycles. The molecule has 2 rings (SSSR count). The van der Waals surface area contributed by atoms with Gasteiger partial charge in [-0.05, 0) is 12.1 Å². The summed E-state index contributed by atoms with van der Waals surface area (Å²) in [7, 11) is 0. The van der Waals surface area contributed by atoms with Crippen LogP contribution in [0.25, 0.3) is 0 Å². The molecule has 13 heavy (non-hydrogen) atoms. The summed E-state index contributed by atoms with van der Waals surface area (Å²) in [4.78, 5) is 0. The van der Waals surface area contributed by atoms with E-state index in [1.807, 2.05) is 30.3 Å². The molecule has 0 saturated carbocycles. The third kappa shape index (κ3) is 1.96. The van der Waals surface area contributed by atoms with Gasteiger partial charge in [-0.15, -0.1) is 20.4 Å². The zero-order valence-corrected chi connectivity index (χ0v) is 6.75. The summed E-state index contributed by atoms with van der Waals surface area (Å²) in [6.07, 6.45) is 1.29. The summed E-state index contributed by atoms with van der Waals surface area (Å²) in [5, 5.41) is 17.6. The smallest absolute Gasteiger partial charge is 0.266 e. The Morgan fingerprint density at radius 1 is 0.923 bits per heavy atom. The van der Waals surface area contributed by atoms with Crippen molar-refractivity contribution in [3.8, 4) is 0 Å². The fourth-order valence-electron chi connectivity index (χ4n) is 0.905. The molecule has 0 amide bonds. The minimum Gasteiger partial charge on any atom is -0.322 e. The van der Waals surface area contributed by atoms with Gasteiger partial charge in [0.25, 0.3) is 5.95 Å². The van der Waals surface area contributed by atoms with E-state index in [1.165, 1.54) is 6.33 Å². The van der Waals surface area contributed by atoms with Crippen LogP contribution in [-0.2, 0) is 0 Å². The van der Waals surface area contributed by atoms with Gasteiger partial charge in [0.15, 0.2) is 6.33 Å². The van der Waals surface area contributed by atoms with Crippen molar-refractivity contribution < 1.29 is 0 Å². The molecule has 0 aliphatic carbocycles. The van der Waals surface area contributed by atoms with Crippen LogP contribution in [0.15, 0.2) is 36.7 Å². The van der Waals surface area contributed by atoms with Crippen molar-refractivity contribution >= 4 is 11.6 Å². The highest BCUT2D eigenvalue weighted by atomic mass is 15.3. The second kappa shape index (κ2) is 3.57. The molecule has 0 atom stereocenters. The van der Waals surface area contributed by atoms with Crippen LogP contribution in [0.3, 0.4) is 0 Å². The number of nitrogens with zero attached hydrogens (tertiary/aromatic N) is 4. The molecule has 1 aromatic carbocycles. The largest absolute Gasteiger partial charge is 0.322 e. The normalized spacial score (nSPS) is 9.54. The van der Waals surface area contributed by atoms with Crippen molar-refractivity contribution in [2.24, 2.45) is 0 Å². The van der Waals surface area contributed by atoms with Gasteiger partial charge in [-0.1, -0.05) is 18.2 Å². The van der Waals surface area contributed by atoms with Crippen LogP contribution >= 0.6 is 0 Å². The Morgan fingerprint density at radius 3 is 2.31 bits per heavy atom. The Morgan fingerprint density at radius 2 is 1.62 bits per heavy atom. The van der Waals surface area contributed by atoms with Crippen LogP contribution in [0.4, 0.5) is 11.6 Å². The van der Waals surface area contributed by atoms with E-state index in [4.69, 9.17) is 0 Å². The molecular weight excluding hydrogens is 166 g/mol. The maximum Gasteiger partial charge on any atom is 0.266 e. The van der Waals surface area contributed by atoms with Gasteiger partial charge in [0, 0.05) is 5.69 Å². The fraction of sp³-hybridized carbons (Fsp3) is 0. The summed E-state index contributed by atoms with van der Waals surface area (Å²) in [6.45, 7) is 0. The van der Waals surface area contributed by atoms with Gasteiger partial charge < -0.3 is 5.32 Å². The predicted molar refractivity (Wildman–Crippen MR) is 47.3 cm³/mol. The van der Waals surface area contributed by atoms with Crippen LogP contribution in [0.1, 0.15) is 0 Å². The van der Waals surface area contributed by atoms with E-state index in [0.29, 0.717) is 5.95 Å². The molecular formula is C8H7N5. The molecule has 0 saturated heterocycles. The van der Waals surface area contributed by atoms with E-state index in [1.54, 1.807) is 0 Å². The molecule has 0 bridgehead atoms. The van der Waals surface area contributed by atoms with E-state index in [2.05, 4.69) is 25.7 Å².